The molecule has 0 bridgehead atoms. The summed E-state index contributed by atoms with van der Waals surface area (Å²) in [4.78, 5) is 7.05. The van der Waals surface area contributed by atoms with Crippen molar-refractivity contribution in [1.29, 1.82) is 0 Å². The lowest BCUT2D eigenvalue weighted by molar-refractivity contribution is 0.198. The number of rotatable bonds is 2. The third-order valence-electron chi connectivity index (χ3n) is 3.30. The number of fused-ring (bicyclic) bond motifs is 1. The van der Waals surface area contributed by atoms with Gasteiger partial charge in [0.2, 0.25) is 0 Å². The fourth-order valence-electron chi connectivity index (χ4n) is 2.48. The number of imidazole rings is 1. The summed E-state index contributed by atoms with van der Waals surface area (Å²) in [5.74, 6) is 0. The van der Waals surface area contributed by atoms with Crippen molar-refractivity contribution in [3.05, 3.63) is 35.2 Å². The third kappa shape index (κ3) is 2.51. The molecule has 0 aromatic carbocycles. The molecule has 3 rings (SSSR count). The van der Waals surface area contributed by atoms with Gasteiger partial charge in [0.25, 0.3) is 0 Å². The topological polar surface area (TPSA) is 32.6 Å². The summed E-state index contributed by atoms with van der Waals surface area (Å²) in [5, 5.41) is 4.19. The molecule has 0 radical (unpaired) electrons. The third-order valence-corrected chi connectivity index (χ3v) is 3.53. The molecule has 1 N–H and O–H groups in total. The second-order valence-electron chi connectivity index (χ2n) is 4.94. The molecule has 2 aromatic heterocycles. The van der Waals surface area contributed by atoms with Crippen molar-refractivity contribution < 1.29 is 0 Å². The molecule has 0 amide bonds. The second-order valence-corrected chi connectivity index (χ2v) is 5.37. The molecule has 4 nitrogen and oxygen atoms in total. The maximum Gasteiger partial charge on any atom is 0.137 e. The van der Waals surface area contributed by atoms with Gasteiger partial charge in [0, 0.05) is 44.6 Å². The van der Waals surface area contributed by atoms with E-state index in [1.165, 1.54) is 0 Å². The van der Waals surface area contributed by atoms with Crippen LogP contribution in [0.5, 0.6) is 0 Å². The van der Waals surface area contributed by atoms with Crippen LogP contribution in [0.4, 0.5) is 0 Å². The summed E-state index contributed by atoms with van der Waals surface area (Å²) in [6.45, 7) is 6.34. The maximum atomic E-state index is 5.97. The highest BCUT2D eigenvalue weighted by Crippen LogP contribution is 2.13. The summed E-state index contributed by atoms with van der Waals surface area (Å²) in [6, 6.07) is 4.39. The molecule has 1 atom stereocenters. The molecule has 1 aliphatic heterocycles. The van der Waals surface area contributed by atoms with Crippen LogP contribution in [0.1, 0.15) is 12.6 Å². The van der Waals surface area contributed by atoms with Crippen molar-refractivity contribution in [2.45, 2.75) is 19.5 Å². The van der Waals surface area contributed by atoms with Gasteiger partial charge in [-0.2, -0.15) is 0 Å². The molecule has 1 fully saturated rings. The van der Waals surface area contributed by atoms with Gasteiger partial charge in [-0.3, -0.25) is 4.90 Å². The predicted molar refractivity (Wildman–Crippen MR) is 72.9 cm³/mol. The monoisotopic (exact) mass is 264 g/mol. The Morgan fingerprint density at radius 3 is 3.17 bits per heavy atom. The van der Waals surface area contributed by atoms with E-state index in [-0.39, 0.29) is 0 Å². The molecule has 2 aromatic rings. The van der Waals surface area contributed by atoms with E-state index in [0.29, 0.717) is 6.04 Å². The highest BCUT2D eigenvalue weighted by Gasteiger charge is 2.16. The summed E-state index contributed by atoms with van der Waals surface area (Å²) in [7, 11) is 0. The highest BCUT2D eigenvalue weighted by molar-refractivity contribution is 6.30. The van der Waals surface area contributed by atoms with Crippen LogP contribution in [-0.2, 0) is 6.54 Å². The first-order valence-electron chi connectivity index (χ1n) is 6.29. The van der Waals surface area contributed by atoms with Crippen LogP contribution in [0.15, 0.2) is 24.5 Å². The maximum absolute atomic E-state index is 5.97. The van der Waals surface area contributed by atoms with E-state index in [1.54, 1.807) is 0 Å². The zero-order valence-corrected chi connectivity index (χ0v) is 11.2. The normalized spacial score (nSPS) is 21.6. The Hall–Kier alpha value is -1.10. The van der Waals surface area contributed by atoms with Gasteiger partial charge in [-0.05, 0) is 19.1 Å². The molecule has 1 aliphatic rings. The first-order chi connectivity index (χ1) is 8.70. The Kier molecular flexibility index (Phi) is 3.24. The Bertz CT molecular complexity index is 551. The Morgan fingerprint density at radius 2 is 2.33 bits per heavy atom. The molecule has 0 spiro atoms. The molecule has 18 heavy (non-hydrogen) atoms. The van der Waals surface area contributed by atoms with Gasteiger partial charge in [-0.15, -0.1) is 0 Å². The molecule has 96 valence electrons. The van der Waals surface area contributed by atoms with Gasteiger partial charge in [-0.25, -0.2) is 4.98 Å². The lowest BCUT2D eigenvalue weighted by Gasteiger charge is -2.31. The number of aromatic nitrogens is 2. The summed E-state index contributed by atoms with van der Waals surface area (Å²) >= 11 is 5.97. The summed E-state index contributed by atoms with van der Waals surface area (Å²) < 4.78 is 1.99. The van der Waals surface area contributed by atoms with Gasteiger partial charge >= 0.3 is 0 Å². The summed E-state index contributed by atoms with van der Waals surface area (Å²) in [6.07, 6.45) is 3.96. The number of nitrogens with one attached hydrogen (secondary N) is 1. The lowest BCUT2D eigenvalue weighted by atomic mass is 10.2. The predicted octanol–water partition coefficient (Wildman–Crippen LogP) is 1.78. The van der Waals surface area contributed by atoms with Crippen LogP contribution in [0.2, 0.25) is 5.02 Å². The fourth-order valence-corrected chi connectivity index (χ4v) is 2.65. The first kappa shape index (κ1) is 12.0. The van der Waals surface area contributed by atoms with E-state index in [4.69, 9.17) is 11.6 Å². The molecular formula is C13H17ClN4. The number of piperazine rings is 1. The Morgan fingerprint density at radius 1 is 1.44 bits per heavy atom. The molecule has 3 heterocycles. The van der Waals surface area contributed by atoms with Gasteiger partial charge in [-0.1, -0.05) is 11.6 Å². The molecule has 0 saturated carbocycles. The van der Waals surface area contributed by atoms with E-state index < -0.39 is 0 Å². The van der Waals surface area contributed by atoms with Crippen molar-refractivity contribution in [2.75, 3.05) is 19.6 Å². The van der Waals surface area contributed by atoms with Crippen molar-refractivity contribution in [3.63, 3.8) is 0 Å². The minimum Gasteiger partial charge on any atom is -0.312 e. The van der Waals surface area contributed by atoms with Crippen LogP contribution >= 0.6 is 11.6 Å². The van der Waals surface area contributed by atoms with E-state index in [0.717, 1.165) is 42.5 Å². The Labute approximate surface area is 112 Å². The van der Waals surface area contributed by atoms with Crippen molar-refractivity contribution >= 4 is 17.2 Å². The first-order valence-corrected chi connectivity index (χ1v) is 6.67. The standard InChI is InChI=1S/C13H17ClN4/c1-10-6-17(5-4-15-10)8-12-9-18-7-11(14)2-3-13(18)16-12/h2-3,7,9-10,15H,4-6,8H2,1H3. The minimum absolute atomic E-state index is 0.560. The van der Waals surface area contributed by atoms with Crippen LogP contribution in [0, 0.1) is 0 Å². The SMILES string of the molecule is CC1CN(Cc2cn3cc(Cl)ccc3n2)CCN1. The minimum atomic E-state index is 0.560. The zero-order valence-electron chi connectivity index (χ0n) is 10.4. The van der Waals surface area contributed by atoms with Crippen molar-refractivity contribution in [1.82, 2.24) is 19.6 Å². The zero-order chi connectivity index (χ0) is 12.5. The number of pyridine rings is 1. The largest absolute Gasteiger partial charge is 0.312 e. The molecule has 1 unspecified atom stereocenters. The van der Waals surface area contributed by atoms with Gasteiger partial charge in [0.1, 0.15) is 5.65 Å². The van der Waals surface area contributed by atoms with Crippen LogP contribution < -0.4 is 5.32 Å². The molecular weight excluding hydrogens is 248 g/mol. The van der Waals surface area contributed by atoms with E-state index in [2.05, 4.69) is 28.3 Å². The number of hydrogen-bond acceptors (Lipinski definition) is 3. The van der Waals surface area contributed by atoms with E-state index in [9.17, 15) is 0 Å². The number of halogens is 1. The number of nitrogens with zero attached hydrogens (tertiary/aromatic N) is 3. The average molecular weight is 265 g/mol. The second kappa shape index (κ2) is 4.88. The molecule has 0 aliphatic carbocycles. The van der Waals surface area contributed by atoms with E-state index in [1.807, 2.05) is 22.7 Å². The smallest absolute Gasteiger partial charge is 0.137 e. The fraction of sp³-hybridized carbons (Fsp3) is 0.462. The quantitative estimate of drug-likeness (QED) is 0.898. The van der Waals surface area contributed by atoms with Crippen molar-refractivity contribution in [3.8, 4) is 0 Å². The average Bonchev–Trinajstić information content (AvgIpc) is 2.70. The number of hydrogen-bond donors (Lipinski definition) is 1. The van der Waals surface area contributed by atoms with Crippen LogP contribution in [0.25, 0.3) is 5.65 Å². The molecule has 1 saturated heterocycles. The lowest BCUT2D eigenvalue weighted by Crippen LogP contribution is -2.48. The van der Waals surface area contributed by atoms with Crippen LogP contribution in [0.3, 0.4) is 0 Å². The van der Waals surface area contributed by atoms with Crippen LogP contribution in [-0.4, -0.2) is 40.0 Å². The van der Waals surface area contributed by atoms with Crippen molar-refractivity contribution in [2.24, 2.45) is 0 Å². The van der Waals surface area contributed by atoms with Gasteiger partial charge in [0.05, 0.1) is 10.7 Å². The van der Waals surface area contributed by atoms with E-state index >= 15 is 0 Å². The molecule has 5 heteroatoms. The highest BCUT2D eigenvalue weighted by atomic mass is 35.5. The van der Waals surface area contributed by atoms with Gasteiger partial charge < -0.3 is 9.72 Å². The Balaban J connectivity index is 1.78. The summed E-state index contributed by atoms with van der Waals surface area (Å²) in [5.41, 5.74) is 2.06. The van der Waals surface area contributed by atoms with Gasteiger partial charge in [0.15, 0.2) is 0 Å².